The van der Waals surface area contributed by atoms with Gasteiger partial charge in [0.25, 0.3) is 11.8 Å². The van der Waals surface area contributed by atoms with Crippen molar-refractivity contribution < 1.29 is 44.0 Å². The summed E-state index contributed by atoms with van der Waals surface area (Å²) in [5, 5.41) is 31.6. The SMILES string of the molecule is CCCN1CCC(N2CCCC(CC(=O)N(C)C)C2=O)CC1.COc1cc(C(=O)N(C)C/C(C)=N/OC/C(N)=N\O)cc(C)c1C.Cc1cc(C)cc(C(=O)N(C)C/C(=N/OC/C(N)=N\O)C(C)c2ccc(Cl)c(Cl)c2)c1. The molecule has 0 bridgehead atoms. The third-order valence-electron chi connectivity index (χ3n) is 13.2. The topological polar surface area (TPSA) is 254 Å². The lowest BCUT2D eigenvalue weighted by molar-refractivity contribution is -0.146. The maximum absolute atomic E-state index is 13.0. The minimum absolute atomic E-state index is 0.0676. The average molecular weight is 1110 g/mol. The van der Waals surface area contributed by atoms with E-state index in [9.17, 15) is 19.2 Å². The molecular weight excluding hydrogens is 1030 g/mol. The molecule has 2 aliphatic rings. The van der Waals surface area contributed by atoms with Crippen LogP contribution in [0.4, 0.5) is 0 Å². The van der Waals surface area contributed by atoms with Crippen LogP contribution in [-0.4, -0.2) is 175 Å². The minimum atomic E-state index is -0.239. The molecule has 0 spiro atoms. The molecular formula is C55H81Cl2N11O9. The molecule has 0 aromatic heterocycles. The van der Waals surface area contributed by atoms with Gasteiger partial charge in [0, 0.05) is 83.3 Å². The molecule has 0 radical (unpaired) electrons. The molecule has 2 saturated heterocycles. The van der Waals surface area contributed by atoms with Gasteiger partial charge >= 0.3 is 0 Å². The standard InChI is InChI=1S/C22H26Cl2N4O3.C17H31N3O2.C16H24N4O4/c1-13-7-14(2)9-17(8-13)22(29)28(4)11-20(27-31-12-21(25)26-30)15(3)16-5-6-18(23)19(24)10-16;1-4-9-19-11-7-15(8-12-19)20-10-5-6-14(17(20)22)13-16(21)18(2)3;1-10-6-13(7-14(23-5)12(10)3)16(21)20(4)8-11(2)19-24-9-15(17)18-22/h5-10,15,30H,11-12H2,1-4H3,(H2,25,26);14-15H,4-13H2,1-3H3;6-7,22H,8-9H2,1-5H3,(H2,17,18)/b27-20-;;19-11+. The van der Waals surface area contributed by atoms with E-state index in [0.29, 0.717) is 50.8 Å². The van der Waals surface area contributed by atoms with Crippen molar-refractivity contribution in [3.8, 4) is 5.75 Å². The molecule has 22 heteroatoms. The number of hydrogen-bond donors (Lipinski definition) is 4. The van der Waals surface area contributed by atoms with Crippen LogP contribution in [0.15, 0.2) is 69.2 Å². The Morgan fingerprint density at radius 1 is 0.792 bits per heavy atom. The van der Waals surface area contributed by atoms with Crippen LogP contribution in [0.2, 0.25) is 10.0 Å². The number of halogens is 2. The normalized spacial score (nSPS) is 16.1. The van der Waals surface area contributed by atoms with Crippen molar-refractivity contribution in [3.05, 3.63) is 97.5 Å². The summed E-state index contributed by atoms with van der Waals surface area (Å²) >= 11 is 12.2. The number of piperidine rings is 2. The summed E-state index contributed by atoms with van der Waals surface area (Å²) < 4.78 is 5.31. The van der Waals surface area contributed by atoms with E-state index in [1.54, 1.807) is 70.2 Å². The van der Waals surface area contributed by atoms with Crippen molar-refractivity contribution in [2.24, 2.45) is 38.0 Å². The smallest absolute Gasteiger partial charge is 0.254 e. The molecule has 20 nitrogen and oxygen atoms in total. The van der Waals surface area contributed by atoms with Crippen molar-refractivity contribution in [1.82, 2.24) is 24.5 Å². The highest BCUT2D eigenvalue weighted by atomic mass is 35.5. The molecule has 2 unspecified atom stereocenters. The van der Waals surface area contributed by atoms with E-state index in [4.69, 9.17) is 59.5 Å². The molecule has 5 rings (SSSR count). The fourth-order valence-electron chi connectivity index (χ4n) is 8.82. The van der Waals surface area contributed by atoms with Crippen LogP contribution < -0.4 is 16.2 Å². The quantitative estimate of drug-likeness (QED) is 0.0367. The van der Waals surface area contributed by atoms with Gasteiger partial charge in [0.15, 0.2) is 24.9 Å². The maximum atomic E-state index is 13.0. The molecule has 0 saturated carbocycles. The van der Waals surface area contributed by atoms with E-state index in [1.165, 1.54) is 17.9 Å². The van der Waals surface area contributed by atoms with Crippen molar-refractivity contribution >= 4 is 69.9 Å². The Bertz CT molecular complexity index is 2560. The number of ether oxygens (including phenoxy) is 1. The van der Waals surface area contributed by atoms with Crippen molar-refractivity contribution in [2.45, 2.75) is 99.0 Å². The summed E-state index contributed by atoms with van der Waals surface area (Å²) in [6.07, 6.45) is 5.63. The molecule has 2 heterocycles. The van der Waals surface area contributed by atoms with Crippen LogP contribution in [0.5, 0.6) is 5.75 Å². The molecule has 2 aliphatic heterocycles. The maximum Gasteiger partial charge on any atom is 0.254 e. The van der Waals surface area contributed by atoms with Gasteiger partial charge in [0.1, 0.15) is 5.75 Å². The Morgan fingerprint density at radius 2 is 1.36 bits per heavy atom. The van der Waals surface area contributed by atoms with E-state index in [1.807, 2.05) is 65.0 Å². The summed E-state index contributed by atoms with van der Waals surface area (Å²) in [6, 6.07) is 14.9. The molecule has 77 heavy (non-hydrogen) atoms. The van der Waals surface area contributed by atoms with Crippen LogP contribution in [0.1, 0.15) is 114 Å². The number of aryl methyl sites for hydroxylation is 3. The number of amidine groups is 2. The number of oxime groups is 4. The molecule has 3 aromatic carbocycles. The van der Waals surface area contributed by atoms with E-state index >= 15 is 0 Å². The Kier molecular flexibility index (Phi) is 27.0. The number of hydrogen-bond acceptors (Lipinski definition) is 14. The van der Waals surface area contributed by atoms with Gasteiger partial charge in [-0.2, -0.15) is 0 Å². The summed E-state index contributed by atoms with van der Waals surface area (Å²) in [5.74, 6) is 0.129. The largest absolute Gasteiger partial charge is 0.496 e. The summed E-state index contributed by atoms with van der Waals surface area (Å²) in [4.78, 5) is 69.6. The van der Waals surface area contributed by atoms with Crippen molar-refractivity contribution in [1.29, 1.82) is 0 Å². The van der Waals surface area contributed by atoms with Gasteiger partial charge in [-0.3, -0.25) is 19.2 Å². The lowest BCUT2D eigenvalue weighted by atomic mass is 9.90. The second kappa shape index (κ2) is 32.2. The third-order valence-corrected chi connectivity index (χ3v) is 13.9. The molecule has 0 aliphatic carbocycles. The molecule has 4 amide bonds. The zero-order chi connectivity index (χ0) is 57.5. The Labute approximate surface area is 464 Å². The van der Waals surface area contributed by atoms with Crippen LogP contribution >= 0.6 is 23.2 Å². The van der Waals surface area contributed by atoms with E-state index in [-0.39, 0.29) is 73.4 Å². The molecule has 424 valence electrons. The van der Waals surface area contributed by atoms with Crippen LogP contribution in [0.3, 0.4) is 0 Å². The first kappa shape index (κ1) is 64.6. The van der Waals surface area contributed by atoms with E-state index in [0.717, 1.165) is 73.1 Å². The van der Waals surface area contributed by atoms with Crippen LogP contribution in [-0.2, 0) is 19.3 Å². The number of likely N-dealkylation sites (tertiary alicyclic amines) is 2. The molecule has 6 N–H and O–H groups in total. The van der Waals surface area contributed by atoms with Gasteiger partial charge in [0.2, 0.25) is 11.8 Å². The molecule has 3 aromatic rings. The van der Waals surface area contributed by atoms with Gasteiger partial charge in [-0.15, -0.1) is 0 Å². The Hall–Kier alpha value is -6.64. The number of benzene rings is 3. The minimum Gasteiger partial charge on any atom is -0.496 e. The van der Waals surface area contributed by atoms with Gasteiger partial charge < -0.3 is 60.8 Å². The second-order valence-corrected chi connectivity index (χ2v) is 20.6. The van der Waals surface area contributed by atoms with Crippen LogP contribution in [0, 0.1) is 33.6 Å². The molecule has 2 fully saturated rings. The first-order valence-corrected chi connectivity index (χ1v) is 26.4. The Morgan fingerprint density at radius 3 is 1.91 bits per heavy atom. The monoisotopic (exact) mass is 1110 g/mol. The number of methoxy groups -OCH3 is 1. The van der Waals surface area contributed by atoms with Gasteiger partial charge in [-0.05, 0) is 126 Å². The summed E-state index contributed by atoms with van der Waals surface area (Å²) in [5.41, 5.74) is 17.9. The lowest BCUT2D eigenvalue weighted by Gasteiger charge is -2.42. The number of nitrogens with two attached hydrogens (primary N) is 2. The van der Waals surface area contributed by atoms with Gasteiger partial charge in [0.05, 0.1) is 41.7 Å². The van der Waals surface area contributed by atoms with Gasteiger partial charge in [-0.1, -0.05) is 80.9 Å². The number of amides is 4. The zero-order valence-electron chi connectivity index (χ0n) is 46.9. The summed E-state index contributed by atoms with van der Waals surface area (Å²) in [7, 11) is 8.47. The summed E-state index contributed by atoms with van der Waals surface area (Å²) in [6.45, 7) is 18.0. The highest BCUT2D eigenvalue weighted by molar-refractivity contribution is 6.42. The molecule has 2 atom stereocenters. The number of nitrogens with zero attached hydrogens (tertiary/aromatic N) is 9. The first-order chi connectivity index (χ1) is 36.4. The van der Waals surface area contributed by atoms with Gasteiger partial charge in [-0.25, -0.2) is 0 Å². The zero-order valence-corrected chi connectivity index (χ0v) is 48.4. The highest BCUT2D eigenvalue weighted by Gasteiger charge is 2.36. The van der Waals surface area contributed by atoms with Crippen molar-refractivity contribution in [2.75, 3.05) is 87.8 Å². The first-order valence-electron chi connectivity index (χ1n) is 25.6. The predicted molar refractivity (Wildman–Crippen MR) is 304 cm³/mol. The third kappa shape index (κ3) is 20.7. The lowest BCUT2D eigenvalue weighted by Crippen LogP contribution is -2.52. The fraction of sp³-hybridized carbons (Fsp3) is 0.527. The average Bonchev–Trinajstić information content (AvgIpc) is 3.40. The van der Waals surface area contributed by atoms with Crippen LogP contribution in [0.25, 0.3) is 0 Å². The second-order valence-electron chi connectivity index (χ2n) is 19.8. The Balaban J connectivity index is 0.000000309. The number of rotatable bonds is 20. The highest BCUT2D eigenvalue weighted by Crippen LogP contribution is 2.29. The number of carbonyl (C=O) groups excluding carboxylic acids is 4. The number of carbonyl (C=O) groups is 4. The van der Waals surface area contributed by atoms with E-state index < -0.39 is 0 Å². The fourth-order valence-corrected chi connectivity index (χ4v) is 9.13. The van der Waals surface area contributed by atoms with Crippen molar-refractivity contribution in [3.63, 3.8) is 0 Å². The van der Waals surface area contributed by atoms with E-state index in [2.05, 4.69) is 37.3 Å². The predicted octanol–water partition coefficient (Wildman–Crippen LogP) is 7.71.